The molecule has 7 heteroatoms. The third-order valence-corrected chi connectivity index (χ3v) is 3.69. The van der Waals surface area contributed by atoms with Gasteiger partial charge in [0, 0.05) is 10.9 Å². The molecule has 19 heavy (non-hydrogen) atoms. The minimum absolute atomic E-state index is 0.00847. The van der Waals surface area contributed by atoms with Crippen molar-refractivity contribution >= 4 is 28.9 Å². The maximum atomic E-state index is 10.8. The largest absolute Gasteiger partial charge is 0.493 e. The number of hydrogen-bond donors (Lipinski definition) is 1. The van der Waals surface area contributed by atoms with Crippen LogP contribution >= 0.6 is 22.9 Å². The topological polar surface area (TPSA) is 68.7 Å². The first-order valence-corrected chi connectivity index (χ1v) is 6.44. The van der Waals surface area contributed by atoms with Crippen molar-refractivity contribution in [2.45, 2.75) is 0 Å². The highest BCUT2D eigenvalue weighted by atomic mass is 35.5. The van der Waals surface area contributed by atoms with Gasteiger partial charge in [-0.1, -0.05) is 11.6 Å². The van der Waals surface area contributed by atoms with Crippen LogP contribution in [0.3, 0.4) is 0 Å². The normalized spacial score (nSPS) is 10.3. The predicted octanol–water partition coefficient (Wildman–Crippen LogP) is 3.18. The summed E-state index contributed by atoms with van der Waals surface area (Å²) in [6, 6.07) is 3.41. The molecule has 0 atom stereocenters. The molecule has 0 aliphatic rings. The van der Waals surface area contributed by atoms with Gasteiger partial charge in [-0.05, 0) is 12.1 Å². The number of benzene rings is 1. The Hall–Kier alpha value is -1.79. The Morgan fingerprint density at radius 1 is 1.37 bits per heavy atom. The summed E-state index contributed by atoms with van der Waals surface area (Å²) in [5, 5.41) is 11.2. The molecule has 0 aliphatic carbocycles. The molecule has 0 saturated carbocycles. The highest BCUT2D eigenvalue weighted by Gasteiger charge is 2.17. The van der Waals surface area contributed by atoms with Gasteiger partial charge in [0.15, 0.2) is 17.2 Å². The summed E-state index contributed by atoms with van der Waals surface area (Å²) in [5.74, 6) is -0.167. The van der Waals surface area contributed by atoms with E-state index in [-0.39, 0.29) is 5.69 Å². The molecule has 2 aromatic rings. The van der Waals surface area contributed by atoms with Crippen molar-refractivity contribution in [2.75, 3.05) is 14.2 Å². The molecule has 1 N–H and O–H groups in total. The first-order valence-electron chi connectivity index (χ1n) is 5.18. The molecule has 0 fully saturated rings. The van der Waals surface area contributed by atoms with Gasteiger partial charge in [0.1, 0.15) is 5.01 Å². The Kier molecular flexibility index (Phi) is 3.92. The van der Waals surface area contributed by atoms with E-state index in [1.54, 1.807) is 12.1 Å². The number of carbonyl (C=O) groups is 1. The Morgan fingerprint density at radius 2 is 2.11 bits per heavy atom. The molecule has 0 spiro atoms. The van der Waals surface area contributed by atoms with Crippen molar-refractivity contribution in [1.29, 1.82) is 0 Å². The number of methoxy groups -OCH3 is 2. The second-order valence-corrected chi connectivity index (χ2v) is 4.74. The van der Waals surface area contributed by atoms with Crippen LogP contribution in [0.5, 0.6) is 11.5 Å². The number of thiazole rings is 1. The molecule has 0 saturated heterocycles. The molecule has 0 unspecified atom stereocenters. The molecule has 0 bridgehead atoms. The van der Waals surface area contributed by atoms with Crippen LogP contribution in [0.4, 0.5) is 0 Å². The summed E-state index contributed by atoms with van der Waals surface area (Å²) in [6.45, 7) is 0. The van der Waals surface area contributed by atoms with E-state index >= 15 is 0 Å². The number of rotatable bonds is 4. The van der Waals surface area contributed by atoms with Gasteiger partial charge in [-0.2, -0.15) is 0 Å². The summed E-state index contributed by atoms with van der Waals surface area (Å²) in [4.78, 5) is 14.8. The lowest BCUT2D eigenvalue weighted by atomic mass is 10.2. The maximum Gasteiger partial charge on any atom is 0.355 e. The van der Waals surface area contributed by atoms with Gasteiger partial charge in [0.05, 0.1) is 19.2 Å². The van der Waals surface area contributed by atoms with Crippen molar-refractivity contribution in [3.05, 3.63) is 28.2 Å². The number of ether oxygens (including phenoxy) is 2. The van der Waals surface area contributed by atoms with Crippen molar-refractivity contribution in [1.82, 2.24) is 4.98 Å². The standard InChI is InChI=1S/C12H10ClNO4S/c1-17-8-4-3-6(9(13)10(8)18-2)11-14-7(5-19-11)12(15)16/h3-5H,1-2H3,(H,15,16). The average Bonchev–Trinajstić information content (AvgIpc) is 2.87. The van der Waals surface area contributed by atoms with Crippen molar-refractivity contribution in [2.24, 2.45) is 0 Å². The van der Waals surface area contributed by atoms with Gasteiger partial charge < -0.3 is 14.6 Å². The van der Waals surface area contributed by atoms with Crippen molar-refractivity contribution in [3.8, 4) is 22.1 Å². The SMILES string of the molecule is COc1ccc(-c2nc(C(=O)O)cs2)c(Cl)c1OC. The Bertz CT molecular complexity index is 626. The number of nitrogens with zero attached hydrogens (tertiary/aromatic N) is 1. The van der Waals surface area contributed by atoms with Crippen LogP contribution in [0.15, 0.2) is 17.5 Å². The number of aromatic carboxylic acids is 1. The van der Waals surface area contributed by atoms with E-state index in [9.17, 15) is 4.79 Å². The Morgan fingerprint density at radius 3 is 2.63 bits per heavy atom. The number of carboxylic acid groups (broad SMARTS) is 1. The van der Waals surface area contributed by atoms with Crippen LogP contribution in [-0.4, -0.2) is 30.3 Å². The smallest absolute Gasteiger partial charge is 0.355 e. The van der Waals surface area contributed by atoms with Gasteiger partial charge >= 0.3 is 5.97 Å². The van der Waals surface area contributed by atoms with Crippen LogP contribution in [-0.2, 0) is 0 Å². The highest BCUT2D eigenvalue weighted by molar-refractivity contribution is 7.13. The van der Waals surface area contributed by atoms with E-state index in [0.29, 0.717) is 27.1 Å². The highest BCUT2D eigenvalue weighted by Crippen LogP contribution is 2.42. The number of carboxylic acids is 1. The third kappa shape index (κ3) is 2.50. The second kappa shape index (κ2) is 5.46. The van der Waals surface area contributed by atoms with Crippen LogP contribution < -0.4 is 9.47 Å². The fraction of sp³-hybridized carbons (Fsp3) is 0.167. The molecule has 5 nitrogen and oxygen atoms in total. The molecule has 1 heterocycles. The Labute approximate surface area is 118 Å². The number of hydrogen-bond acceptors (Lipinski definition) is 5. The van der Waals surface area contributed by atoms with Gasteiger partial charge in [-0.25, -0.2) is 9.78 Å². The molecule has 2 rings (SSSR count). The zero-order valence-electron chi connectivity index (χ0n) is 10.1. The summed E-state index contributed by atoms with van der Waals surface area (Å²) in [5.41, 5.74) is 0.600. The molecule has 0 aliphatic heterocycles. The average molecular weight is 300 g/mol. The van der Waals surface area contributed by atoms with Crippen LogP contribution in [0, 0.1) is 0 Å². The van der Waals surface area contributed by atoms with E-state index in [2.05, 4.69) is 4.98 Å². The molecule has 0 amide bonds. The zero-order valence-corrected chi connectivity index (χ0v) is 11.7. The molecule has 100 valence electrons. The van der Waals surface area contributed by atoms with Crippen LogP contribution in [0.1, 0.15) is 10.5 Å². The molecule has 1 aromatic heterocycles. The second-order valence-electron chi connectivity index (χ2n) is 3.51. The molecular weight excluding hydrogens is 290 g/mol. The van der Waals surface area contributed by atoms with Gasteiger partial charge in [-0.3, -0.25) is 0 Å². The fourth-order valence-corrected chi connectivity index (χ4v) is 2.75. The maximum absolute atomic E-state index is 10.8. The van der Waals surface area contributed by atoms with E-state index in [1.165, 1.54) is 30.9 Å². The first kappa shape index (κ1) is 13.6. The monoisotopic (exact) mass is 299 g/mol. The summed E-state index contributed by atoms with van der Waals surface area (Å²) in [7, 11) is 3.00. The summed E-state index contributed by atoms with van der Waals surface area (Å²) >= 11 is 7.44. The van der Waals surface area contributed by atoms with E-state index < -0.39 is 5.97 Å². The number of halogens is 1. The molecule has 1 aromatic carbocycles. The molecule has 0 radical (unpaired) electrons. The van der Waals surface area contributed by atoms with Crippen molar-refractivity contribution in [3.63, 3.8) is 0 Å². The lowest BCUT2D eigenvalue weighted by Gasteiger charge is -2.11. The summed E-state index contributed by atoms with van der Waals surface area (Å²) < 4.78 is 10.3. The third-order valence-electron chi connectivity index (χ3n) is 2.44. The minimum Gasteiger partial charge on any atom is -0.493 e. The lowest BCUT2D eigenvalue weighted by Crippen LogP contribution is -1.96. The lowest BCUT2D eigenvalue weighted by molar-refractivity contribution is 0.0691. The quantitative estimate of drug-likeness (QED) is 0.939. The zero-order chi connectivity index (χ0) is 14.0. The Balaban J connectivity index is 2.53. The fourth-order valence-electron chi connectivity index (χ4n) is 1.55. The van der Waals surface area contributed by atoms with E-state index in [0.717, 1.165) is 0 Å². The van der Waals surface area contributed by atoms with Gasteiger partial charge in [0.2, 0.25) is 0 Å². The van der Waals surface area contributed by atoms with Gasteiger partial charge in [-0.15, -0.1) is 11.3 Å². The van der Waals surface area contributed by atoms with Crippen molar-refractivity contribution < 1.29 is 19.4 Å². The van der Waals surface area contributed by atoms with Crippen LogP contribution in [0.2, 0.25) is 5.02 Å². The predicted molar refractivity (Wildman–Crippen MR) is 72.6 cm³/mol. The number of aromatic nitrogens is 1. The first-order chi connectivity index (χ1) is 9.08. The minimum atomic E-state index is -1.07. The van der Waals surface area contributed by atoms with Crippen LogP contribution in [0.25, 0.3) is 10.6 Å². The van der Waals surface area contributed by atoms with E-state index in [1.807, 2.05) is 0 Å². The van der Waals surface area contributed by atoms with E-state index in [4.69, 9.17) is 26.2 Å². The molecular formula is C12H10ClNO4S. The summed E-state index contributed by atoms with van der Waals surface area (Å²) in [6.07, 6.45) is 0. The van der Waals surface area contributed by atoms with Gasteiger partial charge in [0.25, 0.3) is 0 Å².